The summed E-state index contributed by atoms with van der Waals surface area (Å²) in [7, 11) is 6.52. The topological polar surface area (TPSA) is 120 Å². The Labute approximate surface area is 227 Å². The van der Waals surface area contributed by atoms with Gasteiger partial charge in [-0.15, -0.1) is 0 Å². The molecular weight excluding hydrogens is 508 g/mol. The molecule has 1 fully saturated rings. The van der Waals surface area contributed by atoms with Gasteiger partial charge in [0, 0.05) is 28.4 Å². The molecule has 1 unspecified atom stereocenters. The van der Waals surface area contributed by atoms with E-state index in [4.69, 9.17) is 61.6 Å². The normalized spacial score (nSPS) is 21.8. The lowest BCUT2D eigenvalue weighted by atomic mass is 10.0. The third kappa shape index (κ3) is 17.9. The molecule has 4 atom stereocenters. The fraction of sp³-hybridized carbons (Fsp3) is 1.00. The highest BCUT2D eigenvalue weighted by Crippen LogP contribution is 2.25. The molecular formula is C25H50O13. The predicted octanol–water partition coefficient (Wildman–Crippen LogP) is 0.167. The molecule has 1 heterocycles. The number of hydrogen-bond donors (Lipinski definition) is 0. The minimum atomic E-state index is -0.669. The van der Waals surface area contributed by atoms with Gasteiger partial charge < -0.3 is 61.6 Å². The summed E-state index contributed by atoms with van der Waals surface area (Å²) in [5.74, 6) is 0. The summed E-state index contributed by atoms with van der Waals surface area (Å²) in [6.07, 6.45) is -2.09. The van der Waals surface area contributed by atoms with Crippen LogP contribution < -0.4 is 0 Å². The Kier molecular flexibility index (Phi) is 24.9. The van der Waals surface area contributed by atoms with Crippen molar-refractivity contribution < 1.29 is 61.6 Å². The Morgan fingerprint density at radius 1 is 0.421 bits per heavy atom. The van der Waals surface area contributed by atoms with E-state index in [1.165, 1.54) is 0 Å². The molecule has 0 bridgehead atoms. The fourth-order valence-electron chi connectivity index (χ4n) is 3.35. The number of rotatable bonds is 28. The summed E-state index contributed by atoms with van der Waals surface area (Å²) in [5.41, 5.74) is 0. The van der Waals surface area contributed by atoms with Crippen LogP contribution in [0.15, 0.2) is 0 Å². The number of ether oxygens (including phenoxy) is 13. The molecule has 1 rings (SSSR count). The van der Waals surface area contributed by atoms with Gasteiger partial charge in [-0.05, 0) is 0 Å². The summed E-state index contributed by atoms with van der Waals surface area (Å²) in [4.78, 5) is 0. The summed E-state index contributed by atoms with van der Waals surface area (Å²) in [5, 5.41) is 0. The lowest BCUT2D eigenvalue weighted by Gasteiger charge is -2.41. The van der Waals surface area contributed by atoms with Crippen LogP contribution in [0.25, 0.3) is 0 Å². The van der Waals surface area contributed by atoms with E-state index in [2.05, 4.69) is 0 Å². The van der Waals surface area contributed by atoms with Crippen molar-refractivity contribution in [2.24, 2.45) is 0 Å². The second-order valence-electron chi connectivity index (χ2n) is 8.07. The Bertz CT molecular complexity index is 446. The molecule has 13 nitrogen and oxygen atoms in total. The van der Waals surface area contributed by atoms with E-state index in [9.17, 15) is 0 Å². The van der Waals surface area contributed by atoms with Crippen LogP contribution in [0.3, 0.4) is 0 Å². The van der Waals surface area contributed by atoms with Crippen molar-refractivity contribution >= 4 is 0 Å². The molecule has 1 aliphatic heterocycles. The van der Waals surface area contributed by atoms with E-state index in [0.717, 1.165) is 0 Å². The van der Waals surface area contributed by atoms with Gasteiger partial charge in [0.25, 0.3) is 0 Å². The largest absolute Gasteiger partial charge is 0.382 e. The molecule has 0 aliphatic carbocycles. The van der Waals surface area contributed by atoms with E-state index in [1.807, 2.05) is 0 Å². The molecule has 0 amide bonds. The minimum Gasteiger partial charge on any atom is -0.382 e. The Balaban J connectivity index is 2.72. The highest BCUT2D eigenvalue weighted by atomic mass is 16.7. The van der Waals surface area contributed by atoms with Gasteiger partial charge in [0.1, 0.15) is 18.3 Å². The van der Waals surface area contributed by atoms with Gasteiger partial charge in [0.2, 0.25) is 0 Å². The van der Waals surface area contributed by atoms with Gasteiger partial charge in [-0.3, -0.25) is 0 Å². The molecule has 38 heavy (non-hydrogen) atoms. The SMILES string of the molecule is COCCOCCOC1OC[C@@H](OCCOCCOC)[C@H](OCCOCCOC)[C@H]1OCCOCCOC. The van der Waals surface area contributed by atoms with E-state index < -0.39 is 24.6 Å². The zero-order valence-electron chi connectivity index (χ0n) is 23.6. The zero-order chi connectivity index (χ0) is 27.5. The van der Waals surface area contributed by atoms with Crippen LogP contribution in [-0.2, 0) is 61.6 Å². The van der Waals surface area contributed by atoms with Crippen molar-refractivity contribution in [3.63, 3.8) is 0 Å². The maximum absolute atomic E-state index is 6.22. The minimum absolute atomic E-state index is 0.271. The molecule has 0 aromatic carbocycles. The van der Waals surface area contributed by atoms with Crippen LogP contribution in [0, 0.1) is 0 Å². The Hall–Kier alpha value is -0.520. The predicted molar refractivity (Wildman–Crippen MR) is 136 cm³/mol. The molecule has 13 heteroatoms. The lowest BCUT2D eigenvalue weighted by molar-refractivity contribution is -0.298. The van der Waals surface area contributed by atoms with Gasteiger partial charge in [-0.1, -0.05) is 0 Å². The standard InChI is InChI=1S/C25H50O13/c1-26-5-9-30-13-17-34-22-21-38-25(37-20-16-33-12-8-29-4)24(36-19-15-32-11-7-28-3)23(22)35-18-14-31-10-6-27-2/h22-25H,5-21H2,1-4H3/t22-,23+,24-,25?/m1/s1. The molecule has 0 aromatic heterocycles. The molecule has 1 saturated heterocycles. The Morgan fingerprint density at radius 2 is 0.789 bits per heavy atom. The fourth-order valence-corrected chi connectivity index (χ4v) is 3.35. The molecule has 0 N–H and O–H groups in total. The van der Waals surface area contributed by atoms with Crippen molar-refractivity contribution in [1.82, 2.24) is 0 Å². The number of hydrogen-bond acceptors (Lipinski definition) is 13. The maximum Gasteiger partial charge on any atom is 0.186 e. The summed E-state index contributed by atoms with van der Waals surface area (Å²) in [6.45, 7) is 7.26. The summed E-state index contributed by atoms with van der Waals surface area (Å²) < 4.78 is 72.6. The van der Waals surface area contributed by atoms with Crippen LogP contribution in [-0.4, -0.2) is 165 Å². The molecule has 0 aromatic rings. The van der Waals surface area contributed by atoms with Crippen LogP contribution in [0.4, 0.5) is 0 Å². The van der Waals surface area contributed by atoms with Gasteiger partial charge in [-0.2, -0.15) is 0 Å². The quantitative estimate of drug-likeness (QED) is 0.121. The molecule has 0 radical (unpaired) electrons. The first-order chi connectivity index (χ1) is 18.8. The van der Waals surface area contributed by atoms with Crippen molar-refractivity contribution in [3.8, 4) is 0 Å². The van der Waals surface area contributed by atoms with Crippen LogP contribution in [0.5, 0.6) is 0 Å². The summed E-state index contributed by atoms with van der Waals surface area (Å²) >= 11 is 0. The molecule has 228 valence electrons. The van der Waals surface area contributed by atoms with Crippen molar-refractivity contribution in [3.05, 3.63) is 0 Å². The lowest BCUT2D eigenvalue weighted by Crippen LogP contribution is -2.57. The van der Waals surface area contributed by atoms with Gasteiger partial charge in [0.15, 0.2) is 6.29 Å². The molecule has 1 aliphatic rings. The second kappa shape index (κ2) is 26.7. The van der Waals surface area contributed by atoms with Gasteiger partial charge >= 0.3 is 0 Å². The van der Waals surface area contributed by atoms with E-state index in [1.54, 1.807) is 28.4 Å². The first kappa shape index (κ1) is 35.5. The average molecular weight is 559 g/mol. The highest BCUT2D eigenvalue weighted by molar-refractivity contribution is 4.87. The van der Waals surface area contributed by atoms with Crippen molar-refractivity contribution in [1.29, 1.82) is 0 Å². The first-order valence-electron chi connectivity index (χ1n) is 13.1. The Morgan fingerprint density at radius 3 is 1.24 bits per heavy atom. The van der Waals surface area contributed by atoms with Crippen LogP contribution >= 0.6 is 0 Å². The van der Waals surface area contributed by atoms with Crippen molar-refractivity contribution in [2.75, 3.05) is 141 Å². The van der Waals surface area contributed by atoms with E-state index >= 15 is 0 Å². The van der Waals surface area contributed by atoms with Gasteiger partial charge in [-0.25, -0.2) is 0 Å². The van der Waals surface area contributed by atoms with E-state index in [0.29, 0.717) is 106 Å². The van der Waals surface area contributed by atoms with E-state index in [-0.39, 0.29) is 6.61 Å². The average Bonchev–Trinajstić information content (AvgIpc) is 2.93. The monoisotopic (exact) mass is 558 g/mol. The second-order valence-corrected chi connectivity index (χ2v) is 8.07. The maximum atomic E-state index is 6.22. The third-order valence-corrected chi connectivity index (χ3v) is 5.26. The van der Waals surface area contributed by atoms with Crippen molar-refractivity contribution in [2.45, 2.75) is 24.6 Å². The zero-order valence-corrected chi connectivity index (χ0v) is 23.6. The first-order valence-corrected chi connectivity index (χ1v) is 13.1. The summed E-state index contributed by atoms with van der Waals surface area (Å²) in [6, 6.07) is 0. The highest BCUT2D eigenvalue weighted by Gasteiger charge is 2.43. The van der Waals surface area contributed by atoms with Gasteiger partial charge in [0.05, 0.1) is 112 Å². The van der Waals surface area contributed by atoms with Crippen LogP contribution in [0.1, 0.15) is 0 Å². The smallest absolute Gasteiger partial charge is 0.186 e. The molecule has 0 spiro atoms. The molecule has 0 saturated carbocycles. The number of methoxy groups -OCH3 is 4. The third-order valence-electron chi connectivity index (χ3n) is 5.26. The van der Waals surface area contributed by atoms with Crippen LogP contribution in [0.2, 0.25) is 0 Å².